The number of piperazine rings is 1. The number of nitriles is 1. The summed E-state index contributed by atoms with van der Waals surface area (Å²) in [5.74, 6) is 0.689. The van der Waals surface area contributed by atoms with Gasteiger partial charge in [0.25, 0.3) is 0 Å². The Kier molecular flexibility index (Phi) is 4.88. The minimum Gasteiger partial charge on any atom is -0.338 e. The average molecular weight is 274 g/mol. The van der Waals surface area contributed by atoms with Crippen molar-refractivity contribution in [3.8, 4) is 6.07 Å². The third kappa shape index (κ3) is 3.89. The molecule has 0 aromatic carbocycles. The largest absolute Gasteiger partial charge is 0.338 e. The number of hydrogen-bond donors (Lipinski definition) is 0. The summed E-state index contributed by atoms with van der Waals surface area (Å²) in [6.45, 7) is 7.96. The van der Waals surface area contributed by atoms with Crippen LogP contribution < -0.4 is 4.90 Å². The fraction of sp³-hybridized carbons (Fsp3) is 0.643. The summed E-state index contributed by atoms with van der Waals surface area (Å²) in [4.78, 5) is 15.6. The lowest BCUT2D eigenvalue weighted by molar-refractivity contribution is 0.228. The summed E-state index contributed by atoms with van der Waals surface area (Å²) in [6.07, 6.45) is 0. The molecule has 6 heteroatoms. The summed E-state index contributed by atoms with van der Waals surface area (Å²) in [7, 11) is 4.19. The Morgan fingerprint density at radius 1 is 1.25 bits per heavy atom. The van der Waals surface area contributed by atoms with E-state index in [-0.39, 0.29) is 0 Å². The Bertz CT molecular complexity index is 485. The number of aryl methyl sites for hydroxylation is 1. The van der Waals surface area contributed by atoms with E-state index in [1.54, 1.807) is 6.07 Å². The van der Waals surface area contributed by atoms with Crippen LogP contribution >= 0.6 is 0 Å². The van der Waals surface area contributed by atoms with Gasteiger partial charge in [0.15, 0.2) is 0 Å². The molecule has 1 fully saturated rings. The topological polar surface area (TPSA) is 59.3 Å². The predicted molar refractivity (Wildman–Crippen MR) is 78.7 cm³/mol. The Morgan fingerprint density at radius 2 is 1.95 bits per heavy atom. The number of likely N-dealkylation sites (N-methyl/N-ethyl adjacent to an activating group) is 1. The summed E-state index contributed by atoms with van der Waals surface area (Å²) >= 11 is 0. The van der Waals surface area contributed by atoms with Gasteiger partial charge in [-0.2, -0.15) is 5.26 Å². The van der Waals surface area contributed by atoms with Crippen LogP contribution in [0.1, 0.15) is 11.4 Å². The maximum Gasteiger partial charge on any atom is 0.226 e. The monoisotopic (exact) mass is 274 g/mol. The lowest BCUT2D eigenvalue weighted by Crippen LogP contribution is -2.48. The molecule has 0 N–H and O–H groups in total. The molecule has 0 unspecified atom stereocenters. The highest BCUT2D eigenvalue weighted by Gasteiger charge is 2.19. The van der Waals surface area contributed by atoms with Crippen molar-refractivity contribution in [2.45, 2.75) is 6.92 Å². The number of anilines is 1. The van der Waals surface area contributed by atoms with E-state index in [2.05, 4.69) is 44.8 Å². The van der Waals surface area contributed by atoms with Crippen molar-refractivity contribution in [2.75, 3.05) is 58.3 Å². The summed E-state index contributed by atoms with van der Waals surface area (Å²) in [5.41, 5.74) is 1.30. The molecule has 1 aliphatic rings. The van der Waals surface area contributed by atoms with Crippen LogP contribution in [-0.4, -0.2) is 73.1 Å². The highest BCUT2D eigenvalue weighted by molar-refractivity contribution is 5.36. The summed E-state index contributed by atoms with van der Waals surface area (Å²) in [6, 6.07) is 3.81. The van der Waals surface area contributed by atoms with Gasteiger partial charge in [0, 0.05) is 45.0 Å². The number of aromatic nitrogens is 2. The quantitative estimate of drug-likeness (QED) is 0.789. The molecule has 20 heavy (non-hydrogen) atoms. The first kappa shape index (κ1) is 14.7. The molecular formula is C14H22N6. The number of nitrogens with zero attached hydrogens (tertiary/aromatic N) is 6. The Labute approximate surface area is 120 Å². The molecule has 1 saturated heterocycles. The van der Waals surface area contributed by atoms with Crippen molar-refractivity contribution < 1.29 is 0 Å². The standard InChI is InChI=1S/C14H22N6/c1-12-10-13(11-15)17-14(16-12)20-8-6-19(7-9-20)5-4-18(2)3/h10H,4-9H2,1-3H3. The van der Waals surface area contributed by atoms with Gasteiger partial charge in [-0.3, -0.25) is 4.90 Å². The third-order valence-corrected chi connectivity index (χ3v) is 3.48. The van der Waals surface area contributed by atoms with Crippen LogP contribution in [0, 0.1) is 18.3 Å². The lowest BCUT2D eigenvalue weighted by Gasteiger charge is -2.35. The molecule has 6 nitrogen and oxygen atoms in total. The maximum absolute atomic E-state index is 8.98. The van der Waals surface area contributed by atoms with E-state index in [0.29, 0.717) is 11.6 Å². The summed E-state index contributed by atoms with van der Waals surface area (Å²) in [5, 5.41) is 8.98. The number of rotatable bonds is 4. The van der Waals surface area contributed by atoms with Gasteiger partial charge >= 0.3 is 0 Å². The second kappa shape index (κ2) is 6.64. The van der Waals surface area contributed by atoms with Gasteiger partial charge in [-0.15, -0.1) is 0 Å². The highest BCUT2D eigenvalue weighted by Crippen LogP contribution is 2.12. The Balaban J connectivity index is 1.94. The molecule has 0 saturated carbocycles. The van der Waals surface area contributed by atoms with E-state index in [4.69, 9.17) is 5.26 Å². The van der Waals surface area contributed by atoms with Crippen molar-refractivity contribution in [3.05, 3.63) is 17.5 Å². The van der Waals surface area contributed by atoms with Crippen molar-refractivity contribution in [1.29, 1.82) is 5.26 Å². The van der Waals surface area contributed by atoms with Gasteiger partial charge in [0.2, 0.25) is 5.95 Å². The normalized spacial score (nSPS) is 16.4. The molecule has 0 amide bonds. The molecule has 2 heterocycles. The van der Waals surface area contributed by atoms with Crippen LogP contribution in [0.2, 0.25) is 0 Å². The van der Waals surface area contributed by atoms with Crippen LogP contribution in [0.25, 0.3) is 0 Å². The predicted octanol–water partition coefficient (Wildman–Crippen LogP) is 0.340. The Hall–Kier alpha value is -1.71. The number of hydrogen-bond acceptors (Lipinski definition) is 6. The molecule has 1 aromatic heterocycles. The molecule has 1 aliphatic heterocycles. The van der Waals surface area contributed by atoms with E-state index < -0.39 is 0 Å². The van der Waals surface area contributed by atoms with Crippen LogP contribution in [-0.2, 0) is 0 Å². The molecule has 2 rings (SSSR count). The molecule has 0 spiro atoms. The molecule has 0 radical (unpaired) electrons. The zero-order valence-electron chi connectivity index (χ0n) is 12.5. The first-order chi connectivity index (χ1) is 9.58. The minimum atomic E-state index is 0.447. The van der Waals surface area contributed by atoms with E-state index in [9.17, 15) is 0 Å². The smallest absolute Gasteiger partial charge is 0.226 e. The maximum atomic E-state index is 8.98. The van der Waals surface area contributed by atoms with Gasteiger partial charge in [-0.25, -0.2) is 9.97 Å². The highest BCUT2D eigenvalue weighted by atomic mass is 15.3. The van der Waals surface area contributed by atoms with E-state index in [1.165, 1.54) is 0 Å². The van der Waals surface area contributed by atoms with Crippen molar-refractivity contribution in [1.82, 2.24) is 19.8 Å². The van der Waals surface area contributed by atoms with Gasteiger partial charge < -0.3 is 9.80 Å². The van der Waals surface area contributed by atoms with Crippen LogP contribution in [0.15, 0.2) is 6.07 Å². The van der Waals surface area contributed by atoms with Crippen molar-refractivity contribution >= 4 is 5.95 Å². The lowest BCUT2D eigenvalue weighted by atomic mass is 10.3. The molecule has 0 bridgehead atoms. The first-order valence-corrected chi connectivity index (χ1v) is 6.96. The molecule has 0 atom stereocenters. The summed E-state index contributed by atoms with van der Waals surface area (Å²) < 4.78 is 0. The van der Waals surface area contributed by atoms with Crippen LogP contribution in [0.5, 0.6) is 0 Å². The molecular weight excluding hydrogens is 252 g/mol. The zero-order chi connectivity index (χ0) is 14.5. The van der Waals surface area contributed by atoms with Crippen LogP contribution in [0.4, 0.5) is 5.95 Å². The fourth-order valence-corrected chi connectivity index (χ4v) is 2.26. The second-order valence-corrected chi connectivity index (χ2v) is 5.44. The van der Waals surface area contributed by atoms with Crippen molar-refractivity contribution in [3.63, 3.8) is 0 Å². The van der Waals surface area contributed by atoms with E-state index >= 15 is 0 Å². The van der Waals surface area contributed by atoms with E-state index in [0.717, 1.165) is 45.0 Å². The molecule has 1 aromatic rings. The third-order valence-electron chi connectivity index (χ3n) is 3.48. The van der Waals surface area contributed by atoms with Gasteiger partial charge in [0.1, 0.15) is 11.8 Å². The second-order valence-electron chi connectivity index (χ2n) is 5.44. The van der Waals surface area contributed by atoms with Crippen molar-refractivity contribution in [2.24, 2.45) is 0 Å². The zero-order valence-corrected chi connectivity index (χ0v) is 12.5. The first-order valence-electron chi connectivity index (χ1n) is 6.96. The SMILES string of the molecule is Cc1cc(C#N)nc(N2CCN(CCN(C)C)CC2)n1. The molecule has 0 aliphatic carbocycles. The van der Waals surface area contributed by atoms with Gasteiger partial charge in [-0.1, -0.05) is 0 Å². The molecule has 108 valence electrons. The van der Waals surface area contributed by atoms with E-state index in [1.807, 2.05) is 6.92 Å². The minimum absolute atomic E-state index is 0.447. The fourth-order valence-electron chi connectivity index (χ4n) is 2.26. The van der Waals surface area contributed by atoms with Gasteiger partial charge in [-0.05, 0) is 27.1 Å². The van der Waals surface area contributed by atoms with Crippen LogP contribution in [0.3, 0.4) is 0 Å². The Morgan fingerprint density at radius 3 is 2.55 bits per heavy atom. The van der Waals surface area contributed by atoms with Gasteiger partial charge in [0.05, 0.1) is 0 Å². The average Bonchev–Trinajstić information content (AvgIpc) is 2.45.